The third-order valence-corrected chi connectivity index (χ3v) is 3.49. The SMILES string of the molecule is Cc1c(O)cccc1C(=O)NCCC1CCCN1. The highest BCUT2D eigenvalue weighted by atomic mass is 16.3. The molecule has 4 nitrogen and oxygen atoms in total. The van der Waals surface area contributed by atoms with Gasteiger partial charge in [0.1, 0.15) is 5.75 Å². The van der Waals surface area contributed by atoms with Gasteiger partial charge >= 0.3 is 0 Å². The number of carbonyl (C=O) groups is 1. The average molecular weight is 248 g/mol. The number of hydrogen-bond acceptors (Lipinski definition) is 3. The minimum absolute atomic E-state index is 0.110. The molecule has 1 saturated heterocycles. The van der Waals surface area contributed by atoms with Crippen LogP contribution >= 0.6 is 0 Å². The highest BCUT2D eigenvalue weighted by molar-refractivity contribution is 5.96. The van der Waals surface area contributed by atoms with Crippen molar-refractivity contribution in [1.29, 1.82) is 0 Å². The monoisotopic (exact) mass is 248 g/mol. The summed E-state index contributed by atoms with van der Waals surface area (Å²) in [5.41, 5.74) is 1.18. The van der Waals surface area contributed by atoms with Crippen LogP contribution in [0.15, 0.2) is 18.2 Å². The van der Waals surface area contributed by atoms with E-state index in [4.69, 9.17) is 0 Å². The van der Waals surface area contributed by atoms with Crippen LogP contribution in [0.4, 0.5) is 0 Å². The van der Waals surface area contributed by atoms with Gasteiger partial charge in [-0.1, -0.05) is 6.07 Å². The summed E-state index contributed by atoms with van der Waals surface area (Å²) in [6.45, 7) is 3.51. The van der Waals surface area contributed by atoms with E-state index in [-0.39, 0.29) is 11.7 Å². The summed E-state index contributed by atoms with van der Waals surface area (Å²) in [5, 5.41) is 15.9. The third kappa shape index (κ3) is 3.01. The molecule has 4 heteroatoms. The number of benzene rings is 1. The molecule has 1 aromatic rings. The molecule has 98 valence electrons. The van der Waals surface area contributed by atoms with E-state index in [1.165, 1.54) is 12.8 Å². The molecule has 1 aliphatic rings. The molecular formula is C14H20N2O2. The molecule has 1 unspecified atom stereocenters. The molecule has 1 heterocycles. The number of amides is 1. The molecular weight excluding hydrogens is 228 g/mol. The Kier molecular flexibility index (Phi) is 4.20. The summed E-state index contributed by atoms with van der Waals surface area (Å²) in [7, 11) is 0. The van der Waals surface area contributed by atoms with Crippen molar-refractivity contribution in [2.75, 3.05) is 13.1 Å². The minimum Gasteiger partial charge on any atom is -0.508 e. The van der Waals surface area contributed by atoms with Crippen molar-refractivity contribution in [3.63, 3.8) is 0 Å². The zero-order valence-corrected chi connectivity index (χ0v) is 10.7. The number of carbonyl (C=O) groups excluding carboxylic acids is 1. The third-order valence-electron chi connectivity index (χ3n) is 3.49. The molecule has 1 atom stereocenters. The summed E-state index contributed by atoms with van der Waals surface area (Å²) < 4.78 is 0. The van der Waals surface area contributed by atoms with Gasteiger partial charge in [0.05, 0.1) is 0 Å². The molecule has 0 saturated carbocycles. The van der Waals surface area contributed by atoms with Crippen LogP contribution in [0.25, 0.3) is 0 Å². The molecule has 1 amide bonds. The van der Waals surface area contributed by atoms with Crippen molar-refractivity contribution in [1.82, 2.24) is 10.6 Å². The first-order chi connectivity index (χ1) is 8.68. The molecule has 18 heavy (non-hydrogen) atoms. The van der Waals surface area contributed by atoms with E-state index in [1.807, 2.05) is 0 Å². The van der Waals surface area contributed by atoms with Gasteiger partial charge in [0.2, 0.25) is 0 Å². The maximum absolute atomic E-state index is 11.9. The van der Waals surface area contributed by atoms with Gasteiger partial charge in [-0.3, -0.25) is 4.79 Å². The van der Waals surface area contributed by atoms with Gasteiger partial charge in [-0.15, -0.1) is 0 Å². The van der Waals surface area contributed by atoms with Gasteiger partial charge in [-0.05, 0) is 44.9 Å². The quantitative estimate of drug-likeness (QED) is 0.758. The van der Waals surface area contributed by atoms with E-state index in [1.54, 1.807) is 25.1 Å². The molecule has 0 aromatic heterocycles. The summed E-state index contributed by atoms with van der Waals surface area (Å²) in [6.07, 6.45) is 3.38. The maximum Gasteiger partial charge on any atom is 0.251 e. The second-order valence-electron chi connectivity index (χ2n) is 4.79. The van der Waals surface area contributed by atoms with Crippen LogP contribution in [0.5, 0.6) is 5.75 Å². The molecule has 1 aliphatic heterocycles. The number of nitrogens with one attached hydrogen (secondary N) is 2. The Labute approximate surface area is 107 Å². The number of phenolic OH excluding ortho intramolecular Hbond substituents is 1. The van der Waals surface area contributed by atoms with Gasteiger partial charge < -0.3 is 15.7 Å². The number of phenols is 1. The second-order valence-corrected chi connectivity index (χ2v) is 4.79. The number of rotatable bonds is 4. The van der Waals surface area contributed by atoms with Crippen molar-refractivity contribution < 1.29 is 9.90 Å². The number of aromatic hydroxyl groups is 1. The van der Waals surface area contributed by atoms with Gasteiger partial charge in [0.25, 0.3) is 5.91 Å². The predicted molar refractivity (Wildman–Crippen MR) is 70.8 cm³/mol. The summed E-state index contributed by atoms with van der Waals surface area (Å²) in [6, 6.07) is 5.55. The largest absolute Gasteiger partial charge is 0.508 e. The lowest BCUT2D eigenvalue weighted by atomic mass is 10.1. The lowest BCUT2D eigenvalue weighted by molar-refractivity contribution is 0.0951. The van der Waals surface area contributed by atoms with E-state index in [0.29, 0.717) is 23.7 Å². The summed E-state index contributed by atoms with van der Waals surface area (Å²) in [5.74, 6) is 0.0570. The standard InChI is InChI=1S/C14H20N2O2/c1-10-12(5-2-6-13(10)17)14(18)16-9-7-11-4-3-8-15-11/h2,5-6,11,15,17H,3-4,7-9H2,1H3,(H,16,18). The fourth-order valence-electron chi connectivity index (χ4n) is 2.33. The van der Waals surface area contributed by atoms with E-state index in [9.17, 15) is 9.90 Å². The van der Waals surface area contributed by atoms with E-state index < -0.39 is 0 Å². The van der Waals surface area contributed by atoms with Crippen molar-refractivity contribution in [2.24, 2.45) is 0 Å². The molecule has 1 aromatic carbocycles. The summed E-state index contributed by atoms with van der Waals surface area (Å²) in [4.78, 5) is 11.9. The van der Waals surface area contributed by atoms with Crippen LogP contribution in [-0.4, -0.2) is 30.1 Å². The minimum atomic E-state index is -0.110. The van der Waals surface area contributed by atoms with E-state index >= 15 is 0 Å². The van der Waals surface area contributed by atoms with Crippen LogP contribution in [0.2, 0.25) is 0 Å². The van der Waals surface area contributed by atoms with Crippen LogP contribution in [0.1, 0.15) is 35.2 Å². The Morgan fingerprint density at radius 1 is 1.56 bits per heavy atom. The fourth-order valence-corrected chi connectivity index (χ4v) is 2.33. The second kappa shape index (κ2) is 5.87. The molecule has 1 fully saturated rings. The smallest absolute Gasteiger partial charge is 0.251 e. The zero-order valence-electron chi connectivity index (χ0n) is 10.7. The molecule has 0 spiro atoms. The highest BCUT2D eigenvalue weighted by Gasteiger charge is 2.15. The fraction of sp³-hybridized carbons (Fsp3) is 0.500. The van der Waals surface area contributed by atoms with Gasteiger partial charge in [-0.2, -0.15) is 0 Å². The Morgan fingerprint density at radius 3 is 3.11 bits per heavy atom. The van der Waals surface area contributed by atoms with Crippen LogP contribution in [0.3, 0.4) is 0 Å². The van der Waals surface area contributed by atoms with Crippen molar-refractivity contribution in [3.05, 3.63) is 29.3 Å². The Bertz CT molecular complexity index is 426. The lowest BCUT2D eigenvalue weighted by Gasteiger charge is -2.12. The maximum atomic E-state index is 11.9. The molecule has 0 aliphatic carbocycles. The normalized spacial score (nSPS) is 18.8. The topological polar surface area (TPSA) is 61.4 Å². The van der Waals surface area contributed by atoms with Crippen molar-refractivity contribution >= 4 is 5.91 Å². The van der Waals surface area contributed by atoms with E-state index in [0.717, 1.165) is 13.0 Å². The van der Waals surface area contributed by atoms with Gasteiger partial charge in [0.15, 0.2) is 0 Å². The molecule has 0 radical (unpaired) electrons. The summed E-state index contributed by atoms with van der Waals surface area (Å²) >= 11 is 0. The Balaban J connectivity index is 1.85. The predicted octanol–water partition coefficient (Wildman–Crippen LogP) is 1.57. The average Bonchev–Trinajstić information content (AvgIpc) is 2.85. The first kappa shape index (κ1) is 12.9. The van der Waals surface area contributed by atoms with Crippen LogP contribution in [-0.2, 0) is 0 Å². The Morgan fingerprint density at radius 2 is 2.39 bits per heavy atom. The van der Waals surface area contributed by atoms with Gasteiger partial charge in [0, 0.05) is 23.7 Å². The molecule has 2 rings (SSSR count). The Hall–Kier alpha value is -1.55. The molecule has 3 N–H and O–H groups in total. The number of hydrogen-bond donors (Lipinski definition) is 3. The van der Waals surface area contributed by atoms with Crippen molar-refractivity contribution in [3.8, 4) is 5.75 Å². The zero-order chi connectivity index (χ0) is 13.0. The molecule has 0 bridgehead atoms. The van der Waals surface area contributed by atoms with E-state index in [2.05, 4.69) is 10.6 Å². The van der Waals surface area contributed by atoms with Gasteiger partial charge in [-0.25, -0.2) is 0 Å². The van der Waals surface area contributed by atoms with Crippen LogP contribution < -0.4 is 10.6 Å². The van der Waals surface area contributed by atoms with Crippen molar-refractivity contribution in [2.45, 2.75) is 32.2 Å². The first-order valence-electron chi connectivity index (χ1n) is 6.48. The lowest BCUT2D eigenvalue weighted by Crippen LogP contribution is -2.30. The highest BCUT2D eigenvalue weighted by Crippen LogP contribution is 2.19. The first-order valence-corrected chi connectivity index (χ1v) is 6.48. The van der Waals surface area contributed by atoms with Crippen LogP contribution in [0, 0.1) is 6.92 Å².